The van der Waals surface area contributed by atoms with E-state index in [9.17, 15) is 28.7 Å². The molecule has 3 heterocycles. The van der Waals surface area contributed by atoms with Crippen LogP contribution in [0.1, 0.15) is 35.4 Å². The monoisotopic (exact) mass is 717 g/mol. The number of carbonyl (C=O) groups excluding carboxylic acids is 4. The van der Waals surface area contributed by atoms with Gasteiger partial charge in [0.1, 0.15) is 11.6 Å². The number of phenols is 1. The summed E-state index contributed by atoms with van der Waals surface area (Å²) in [6, 6.07) is 15.7. The zero-order chi connectivity index (χ0) is 35.3. The molecule has 6 unspecified atom stereocenters. The van der Waals surface area contributed by atoms with Gasteiger partial charge in [-0.05, 0) is 97.8 Å². The Morgan fingerprint density at radius 2 is 1.38 bits per heavy atom. The molecule has 1 saturated carbocycles. The van der Waals surface area contributed by atoms with Gasteiger partial charge in [-0.25, -0.2) is 9.29 Å². The Kier molecular flexibility index (Phi) is 7.67. The summed E-state index contributed by atoms with van der Waals surface area (Å²) < 4.78 is 19.4. The average Bonchev–Trinajstić information content (AvgIpc) is 3.45. The minimum Gasteiger partial charge on any atom is -0.507 e. The van der Waals surface area contributed by atoms with Gasteiger partial charge in [-0.1, -0.05) is 23.8 Å². The molecule has 12 heteroatoms. The van der Waals surface area contributed by atoms with Crippen LogP contribution >= 0.6 is 23.2 Å². The number of imide groups is 2. The van der Waals surface area contributed by atoms with Crippen LogP contribution in [0.4, 0.5) is 21.5 Å². The second kappa shape index (κ2) is 11.6. The normalized spacial score (nSPS) is 30.7. The summed E-state index contributed by atoms with van der Waals surface area (Å²) in [5.41, 5.74) is 3.78. The summed E-state index contributed by atoms with van der Waals surface area (Å²) in [7, 11) is 0. The van der Waals surface area contributed by atoms with E-state index in [-0.39, 0.29) is 30.2 Å². The van der Waals surface area contributed by atoms with Crippen LogP contribution in [-0.4, -0.2) is 64.8 Å². The molecule has 50 heavy (non-hydrogen) atoms. The van der Waals surface area contributed by atoms with E-state index in [4.69, 9.17) is 27.9 Å². The van der Waals surface area contributed by atoms with E-state index in [1.54, 1.807) is 38.1 Å². The molecule has 0 aromatic heterocycles. The van der Waals surface area contributed by atoms with Crippen LogP contribution in [0.15, 0.2) is 72.3 Å². The summed E-state index contributed by atoms with van der Waals surface area (Å²) in [4.78, 5) is 57.8. The number of rotatable bonds is 4. The number of alkyl halides is 2. The molecule has 5 aliphatic rings. The van der Waals surface area contributed by atoms with E-state index in [2.05, 4.69) is 4.90 Å². The summed E-state index contributed by atoms with van der Waals surface area (Å²) in [5, 5.41) is 10.7. The quantitative estimate of drug-likeness (QED) is 0.208. The van der Waals surface area contributed by atoms with Crippen molar-refractivity contribution in [2.45, 2.75) is 42.4 Å². The SMILES string of the molecule is Cc1cc(C2C3=CCC4C(=O)N(c5ccc(N6CCOCC6)cc5)C(=O)C4C3CC3(Cl)C(=O)N(c4ccc(F)cc4)C(=O)C23Cl)cc(C)c1O. The number of allylic oxidation sites excluding steroid dienone is 2. The standard InChI is InChI=1S/C38H34Cl2FN3O6/c1-20-17-22(18-21(2)32(20)45)31-27-11-12-28-30(34(47)43(33(28)46)25-9-7-24(8-10-25)42-13-15-50-16-14-42)29(27)19-37(39)35(48)44(36(49)38(31,37)40)26-5-3-23(41)4-6-26/h3-11,17-18,28-31,45H,12-16,19H2,1-2H3. The Morgan fingerprint density at radius 3 is 2.02 bits per heavy atom. The third-order valence-corrected chi connectivity index (χ3v) is 12.6. The summed E-state index contributed by atoms with van der Waals surface area (Å²) in [6.07, 6.45) is 1.92. The lowest BCUT2D eigenvalue weighted by Gasteiger charge is -2.50. The maximum absolute atomic E-state index is 14.6. The highest BCUT2D eigenvalue weighted by Crippen LogP contribution is 2.66. The highest BCUT2D eigenvalue weighted by Gasteiger charge is 2.76. The first-order chi connectivity index (χ1) is 23.9. The van der Waals surface area contributed by atoms with Crippen molar-refractivity contribution in [3.63, 3.8) is 0 Å². The van der Waals surface area contributed by atoms with Gasteiger partial charge in [0.05, 0.1) is 36.4 Å². The number of halogens is 3. The number of morpholine rings is 1. The van der Waals surface area contributed by atoms with Crippen LogP contribution in [0.5, 0.6) is 5.75 Å². The molecule has 3 aromatic rings. The molecule has 258 valence electrons. The van der Waals surface area contributed by atoms with E-state index in [0.29, 0.717) is 41.2 Å². The van der Waals surface area contributed by atoms with Gasteiger partial charge in [0.15, 0.2) is 9.75 Å². The lowest BCUT2D eigenvalue weighted by atomic mass is 9.56. The van der Waals surface area contributed by atoms with Crippen molar-refractivity contribution in [3.05, 3.63) is 94.8 Å². The number of hydrogen-bond donors (Lipinski definition) is 1. The van der Waals surface area contributed by atoms with E-state index < -0.39 is 57.0 Å². The van der Waals surface area contributed by atoms with Crippen molar-refractivity contribution in [2.24, 2.45) is 17.8 Å². The van der Waals surface area contributed by atoms with Gasteiger partial charge in [0, 0.05) is 24.7 Å². The molecule has 4 fully saturated rings. The number of nitrogens with zero attached hydrogens (tertiary/aromatic N) is 3. The number of carbonyl (C=O) groups is 4. The number of benzene rings is 3. The molecular formula is C38H34Cl2FN3O6. The smallest absolute Gasteiger partial charge is 0.258 e. The number of amides is 4. The van der Waals surface area contributed by atoms with Gasteiger partial charge in [-0.15, -0.1) is 23.2 Å². The molecule has 0 radical (unpaired) electrons. The van der Waals surface area contributed by atoms with Gasteiger partial charge in [0.25, 0.3) is 11.8 Å². The number of anilines is 3. The first-order valence-electron chi connectivity index (χ1n) is 16.7. The minimum atomic E-state index is -2.05. The third-order valence-electron chi connectivity index (χ3n) is 11.2. The fraction of sp³-hybridized carbons (Fsp3) is 0.368. The van der Waals surface area contributed by atoms with Crippen molar-refractivity contribution in [2.75, 3.05) is 41.0 Å². The number of fused-ring (bicyclic) bond motifs is 4. The van der Waals surface area contributed by atoms with E-state index in [1.807, 2.05) is 18.2 Å². The predicted octanol–water partition coefficient (Wildman–Crippen LogP) is 5.75. The number of hydrogen-bond acceptors (Lipinski definition) is 7. The number of aromatic hydroxyl groups is 1. The van der Waals surface area contributed by atoms with E-state index >= 15 is 0 Å². The van der Waals surface area contributed by atoms with Crippen LogP contribution in [0, 0.1) is 37.4 Å². The molecular weight excluding hydrogens is 684 g/mol. The first-order valence-corrected chi connectivity index (χ1v) is 17.5. The highest BCUT2D eigenvalue weighted by molar-refractivity contribution is 6.58. The molecule has 1 N–H and O–H groups in total. The Morgan fingerprint density at radius 1 is 0.800 bits per heavy atom. The van der Waals surface area contributed by atoms with Gasteiger partial charge < -0.3 is 14.7 Å². The van der Waals surface area contributed by atoms with E-state index in [0.717, 1.165) is 35.8 Å². The van der Waals surface area contributed by atoms with Crippen LogP contribution in [0.2, 0.25) is 0 Å². The number of aryl methyl sites for hydroxylation is 2. The van der Waals surface area contributed by atoms with Gasteiger partial charge in [0.2, 0.25) is 11.8 Å². The van der Waals surface area contributed by atoms with Crippen LogP contribution < -0.4 is 14.7 Å². The number of ether oxygens (including phenoxy) is 1. The lowest BCUT2D eigenvalue weighted by molar-refractivity contribution is -0.125. The first kappa shape index (κ1) is 32.9. The summed E-state index contributed by atoms with van der Waals surface area (Å²) in [6.45, 7) is 6.17. The van der Waals surface area contributed by atoms with Crippen molar-refractivity contribution >= 4 is 63.9 Å². The van der Waals surface area contributed by atoms with Crippen LogP contribution in [0.3, 0.4) is 0 Å². The van der Waals surface area contributed by atoms with E-state index in [1.165, 1.54) is 17.0 Å². The summed E-state index contributed by atoms with van der Waals surface area (Å²) in [5.74, 6) is -6.03. The van der Waals surface area contributed by atoms with Gasteiger partial charge in [-0.2, -0.15) is 0 Å². The average molecular weight is 719 g/mol. The summed E-state index contributed by atoms with van der Waals surface area (Å²) >= 11 is 14.9. The Labute approximate surface area is 298 Å². The topological polar surface area (TPSA) is 107 Å². The molecule has 3 aromatic carbocycles. The second-order valence-corrected chi connectivity index (χ2v) is 15.1. The van der Waals surface area contributed by atoms with Crippen molar-refractivity contribution in [3.8, 4) is 5.75 Å². The molecule has 8 rings (SSSR count). The van der Waals surface area contributed by atoms with Crippen molar-refractivity contribution in [1.29, 1.82) is 0 Å². The maximum Gasteiger partial charge on any atom is 0.258 e. The largest absolute Gasteiger partial charge is 0.507 e. The molecule has 2 aliphatic carbocycles. The predicted molar refractivity (Wildman–Crippen MR) is 186 cm³/mol. The number of phenolic OH excluding ortho intramolecular Hbond substituents is 1. The fourth-order valence-electron chi connectivity index (χ4n) is 8.82. The minimum absolute atomic E-state index is 0.0770. The zero-order valence-corrected chi connectivity index (χ0v) is 28.9. The zero-order valence-electron chi connectivity index (χ0n) is 27.4. The lowest BCUT2D eigenvalue weighted by Crippen LogP contribution is -2.60. The molecule has 0 spiro atoms. The Balaban J connectivity index is 1.22. The third kappa shape index (κ3) is 4.54. The van der Waals surface area contributed by atoms with Crippen LogP contribution in [0.25, 0.3) is 0 Å². The molecule has 0 bridgehead atoms. The Hall–Kier alpha value is -4.25. The van der Waals surface area contributed by atoms with Crippen LogP contribution in [-0.2, 0) is 23.9 Å². The maximum atomic E-state index is 14.6. The van der Waals surface area contributed by atoms with Crippen molar-refractivity contribution in [1.82, 2.24) is 0 Å². The van der Waals surface area contributed by atoms with Gasteiger partial charge in [-0.3, -0.25) is 24.1 Å². The fourth-order valence-corrected chi connectivity index (χ4v) is 9.75. The molecule has 9 nitrogen and oxygen atoms in total. The molecule has 4 amide bonds. The molecule has 3 saturated heterocycles. The highest BCUT2D eigenvalue weighted by atomic mass is 35.5. The Bertz CT molecular complexity index is 1970. The van der Waals surface area contributed by atoms with Gasteiger partial charge >= 0.3 is 0 Å². The van der Waals surface area contributed by atoms with Crippen molar-refractivity contribution < 1.29 is 33.4 Å². The second-order valence-electron chi connectivity index (χ2n) is 13.9. The molecule has 3 aliphatic heterocycles. The molecule has 6 atom stereocenters.